The molecular formula is C22H27ClN2O2S. The Morgan fingerprint density at radius 3 is 2.39 bits per heavy atom. The number of hydrogen-bond donors (Lipinski definition) is 1. The first-order valence-corrected chi connectivity index (χ1v) is 10.9. The van der Waals surface area contributed by atoms with Gasteiger partial charge in [0.05, 0.1) is 5.75 Å². The molecule has 1 atom stereocenters. The van der Waals surface area contributed by atoms with Crippen molar-refractivity contribution in [2.75, 3.05) is 12.3 Å². The van der Waals surface area contributed by atoms with Crippen LogP contribution < -0.4 is 5.32 Å². The summed E-state index contributed by atoms with van der Waals surface area (Å²) in [7, 11) is 0. The van der Waals surface area contributed by atoms with Crippen LogP contribution >= 0.6 is 23.4 Å². The van der Waals surface area contributed by atoms with Crippen molar-refractivity contribution in [2.45, 2.75) is 44.2 Å². The van der Waals surface area contributed by atoms with Gasteiger partial charge in [0.25, 0.3) is 0 Å². The van der Waals surface area contributed by atoms with Crippen molar-refractivity contribution in [2.24, 2.45) is 0 Å². The highest BCUT2D eigenvalue weighted by molar-refractivity contribution is 8.00. The maximum absolute atomic E-state index is 13.1. The molecule has 2 rings (SSSR count). The summed E-state index contributed by atoms with van der Waals surface area (Å²) in [4.78, 5) is 28.5. The highest BCUT2D eigenvalue weighted by Crippen LogP contribution is 2.22. The maximum atomic E-state index is 13.1. The fourth-order valence-corrected chi connectivity index (χ4v) is 3.84. The van der Waals surface area contributed by atoms with E-state index in [0.717, 1.165) is 16.9 Å². The zero-order valence-corrected chi connectivity index (χ0v) is 17.9. The van der Waals surface area contributed by atoms with Crippen LogP contribution in [0.1, 0.15) is 32.3 Å². The number of benzene rings is 2. The first kappa shape index (κ1) is 22.3. The number of carbonyl (C=O) groups is 2. The zero-order chi connectivity index (χ0) is 20.4. The van der Waals surface area contributed by atoms with Gasteiger partial charge in [-0.25, -0.2) is 0 Å². The molecule has 0 aromatic heterocycles. The highest BCUT2D eigenvalue weighted by atomic mass is 35.5. The van der Waals surface area contributed by atoms with Gasteiger partial charge in [0.1, 0.15) is 6.04 Å². The van der Waals surface area contributed by atoms with E-state index in [1.54, 1.807) is 11.0 Å². The van der Waals surface area contributed by atoms with Crippen LogP contribution in [0.5, 0.6) is 0 Å². The Morgan fingerprint density at radius 2 is 1.75 bits per heavy atom. The monoisotopic (exact) mass is 418 g/mol. The van der Waals surface area contributed by atoms with E-state index in [1.165, 1.54) is 11.8 Å². The average Bonchev–Trinajstić information content (AvgIpc) is 2.72. The van der Waals surface area contributed by atoms with E-state index in [9.17, 15) is 9.59 Å². The molecule has 0 bridgehead atoms. The molecule has 2 amide bonds. The van der Waals surface area contributed by atoms with Gasteiger partial charge in [0.2, 0.25) is 11.8 Å². The van der Waals surface area contributed by atoms with Crippen LogP contribution in [0.25, 0.3) is 0 Å². The molecular weight excluding hydrogens is 392 g/mol. The smallest absolute Gasteiger partial charge is 0.242 e. The number of thioether (sulfide) groups is 1. The van der Waals surface area contributed by atoms with Crippen LogP contribution in [0.15, 0.2) is 59.5 Å². The Labute approximate surface area is 176 Å². The lowest BCUT2D eigenvalue weighted by Crippen LogP contribution is -2.49. The Bertz CT molecular complexity index is 770. The second-order valence-electron chi connectivity index (χ2n) is 6.43. The number of amides is 2. The molecule has 0 spiro atoms. The molecule has 150 valence electrons. The SMILES string of the molecule is CCCNC(=O)[C@H](CC)N(Cc1ccccc1Cl)C(=O)CSc1ccccc1. The number of halogens is 1. The van der Waals surface area contributed by atoms with Crippen molar-refractivity contribution in [3.8, 4) is 0 Å². The standard InChI is InChI=1S/C22H27ClN2O2S/c1-3-14-24-22(27)20(4-2)25(15-17-10-8-9-13-19(17)23)21(26)16-28-18-11-6-5-7-12-18/h5-13,20H,3-4,14-16H2,1-2H3,(H,24,27)/t20-/m0/s1. The van der Waals surface area contributed by atoms with Crippen LogP contribution in [0, 0.1) is 0 Å². The molecule has 0 saturated heterocycles. The molecule has 0 aliphatic carbocycles. The number of hydrogen-bond acceptors (Lipinski definition) is 3. The first-order chi connectivity index (χ1) is 13.6. The van der Waals surface area contributed by atoms with Gasteiger partial charge in [-0.1, -0.05) is 61.8 Å². The van der Waals surface area contributed by atoms with E-state index in [4.69, 9.17) is 11.6 Å². The quantitative estimate of drug-likeness (QED) is 0.565. The number of rotatable bonds is 10. The normalized spacial score (nSPS) is 11.7. The molecule has 28 heavy (non-hydrogen) atoms. The summed E-state index contributed by atoms with van der Waals surface area (Å²) < 4.78 is 0. The Kier molecular flexibility index (Phi) is 9.38. The molecule has 4 nitrogen and oxygen atoms in total. The van der Waals surface area contributed by atoms with E-state index in [2.05, 4.69) is 5.32 Å². The van der Waals surface area contributed by atoms with Gasteiger partial charge in [-0.3, -0.25) is 9.59 Å². The van der Waals surface area contributed by atoms with Crippen LogP contribution in [-0.2, 0) is 16.1 Å². The van der Waals surface area contributed by atoms with E-state index >= 15 is 0 Å². The summed E-state index contributed by atoms with van der Waals surface area (Å²) in [6, 6.07) is 16.7. The molecule has 2 aromatic rings. The maximum Gasteiger partial charge on any atom is 0.242 e. The predicted molar refractivity (Wildman–Crippen MR) is 117 cm³/mol. The molecule has 1 N–H and O–H groups in total. The fourth-order valence-electron chi connectivity index (χ4n) is 2.84. The highest BCUT2D eigenvalue weighted by Gasteiger charge is 2.28. The summed E-state index contributed by atoms with van der Waals surface area (Å²) in [6.07, 6.45) is 1.40. The lowest BCUT2D eigenvalue weighted by molar-refractivity contribution is -0.139. The number of nitrogens with zero attached hydrogens (tertiary/aromatic N) is 1. The summed E-state index contributed by atoms with van der Waals surface area (Å²) in [6.45, 7) is 4.84. The first-order valence-electron chi connectivity index (χ1n) is 9.55. The summed E-state index contributed by atoms with van der Waals surface area (Å²) >= 11 is 7.79. The largest absolute Gasteiger partial charge is 0.354 e. The van der Waals surface area contributed by atoms with Crippen molar-refractivity contribution in [3.63, 3.8) is 0 Å². The molecule has 0 saturated carbocycles. The third-order valence-electron chi connectivity index (χ3n) is 4.34. The predicted octanol–water partition coefficient (Wildman–Crippen LogP) is 4.77. The third-order valence-corrected chi connectivity index (χ3v) is 5.70. The van der Waals surface area contributed by atoms with Crippen molar-refractivity contribution in [1.29, 1.82) is 0 Å². The van der Waals surface area contributed by atoms with Gasteiger partial charge < -0.3 is 10.2 Å². The van der Waals surface area contributed by atoms with Gasteiger partial charge in [0, 0.05) is 23.0 Å². The average molecular weight is 419 g/mol. The third kappa shape index (κ3) is 6.57. The summed E-state index contributed by atoms with van der Waals surface area (Å²) in [5.74, 6) is 0.0770. The second kappa shape index (κ2) is 11.8. The van der Waals surface area contributed by atoms with Crippen molar-refractivity contribution in [1.82, 2.24) is 10.2 Å². The summed E-state index contributed by atoms with van der Waals surface area (Å²) in [5.41, 5.74) is 0.837. The Hall–Kier alpha value is -1.98. The lowest BCUT2D eigenvalue weighted by Gasteiger charge is -2.31. The molecule has 2 aromatic carbocycles. The minimum atomic E-state index is -0.522. The van der Waals surface area contributed by atoms with E-state index < -0.39 is 6.04 Å². The van der Waals surface area contributed by atoms with Crippen LogP contribution in [0.2, 0.25) is 5.02 Å². The van der Waals surface area contributed by atoms with E-state index in [1.807, 2.05) is 62.4 Å². The van der Waals surface area contributed by atoms with E-state index in [0.29, 0.717) is 24.5 Å². The van der Waals surface area contributed by atoms with Crippen molar-refractivity contribution >= 4 is 35.2 Å². The van der Waals surface area contributed by atoms with E-state index in [-0.39, 0.29) is 17.6 Å². The molecule has 0 aliphatic rings. The minimum Gasteiger partial charge on any atom is -0.354 e. The van der Waals surface area contributed by atoms with Gasteiger partial charge in [-0.2, -0.15) is 0 Å². The Morgan fingerprint density at radius 1 is 1.07 bits per heavy atom. The zero-order valence-electron chi connectivity index (χ0n) is 16.4. The molecule has 0 unspecified atom stereocenters. The molecule has 6 heteroatoms. The number of carbonyl (C=O) groups excluding carboxylic acids is 2. The van der Waals surface area contributed by atoms with Crippen LogP contribution in [0.3, 0.4) is 0 Å². The molecule has 0 aliphatic heterocycles. The lowest BCUT2D eigenvalue weighted by atomic mass is 10.1. The van der Waals surface area contributed by atoms with Gasteiger partial charge in [-0.15, -0.1) is 11.8 Å². The minimum absolute atomic E-state index is 0.0766. The van der Waals surface area contributed by atoms with Gasteiger partial charge in [-0.05, 0) is 36.6 Å². The molecule has 0 heterocycles. The van der Waals surface area contributed by atoms with Crippen LogP contribution in [-0.4, -0.2) is 35.1 Å². The van der Waals surface area contributed by atoms with Crippen molar-refractivity contribution < 1.29 is 9.59 Å². The van der Waals surface area contributed by atoms with Crippen molar-refractivity contribution in [3.05, 3.63) is 65.2 Å². The second-order valence-corrected chi connectivity index (χ2v) is 7.89. The van der Waals surface area contributed by atoms with Gasteiger partial charge in [0.15, 0.2) is 0 Å². The fraction of sp³-hybridized carbons (Fsp3) is 0.364. The summed E-state index contributed by atoms with van der Waals surface area (Å²) in [5, 5.41) is 3.52. The molecule has 0 fully saturated rings. The Balaban J connectivity index is 2.19. The topological polar surface area (TPSA) is 49.4 Å². The van der Waals surface area contributed by atoms with Crippen LogP contribution in [0.4, 0.5) is 0 Å². The molecule has 0 radical (unpaired) electrons. The number of nitrogens with one attached hydrogen (secondary N) is 1. The van der Waals surface area contributed by atoms with Gasteiger partial charge >= 0.3 is 0 Å².